The van der Waals surface area contributed by atoms with Gasteiger partial charge in [0, 0.05) is 17.7 Å². The summed E-state index contributed by atoms with van der Waals surface area (Å²) in [4.78, 5) is 12.2. The van der Waals surface area contributed by atoms with Crippen LogP contribution in [0.4, 0.5) is 0 Å². The third kappa shape index (κ3) is 2.05. The number of benzene rings is 2. The Labute approximate surface area is 119 Å². The molecule has 0 unspecified atom stereocenters. The second-order valence-electron chi connectivity index (χ2n) is 4.74. The van der Waals surface area contributed by atoms with Crippen LogP contribution in [0.25, 0.3) is 0 Å². The summed E-state index contributed by atoms with van der Waals surface area (Å²) in [5.41, 5.74) is 0.0544. The van der Waals surface area contributed by atoms with Crippen LogP contribution < -0.4 is 4.74 Å². The first kappa shape index (κ1) is 13.3. The standard InChI is InChI=1S/C15H12O6/c16-7-5-10(18)12-11(6-7)21-15(14(20)13(12)19)8-3-1-2-4-9(8)17/h1-6,14-18,20H/t14-,15+/m1/s1. The van der Waals surface area contributed by atoms with Crippen LogP contribution >= 0.6 is 0 Å². The molecule has 2 aromatic rings. The first-order valence-corrected chi connectivity index (χ1v) is 6.22. The largest absolute Gasteiger partial charge is 0.508 e. The molecule has 0 aromatic heterocycles. The molecule has 21 heavy (non-hydrogen) atoms. The summed E-state index contributed by atoms with van der Waals surface area (Å²) in [7, 11) is 0. The summed E-state index contributed by atoms with van der Waals surface area (Å²) >= 11 is 0. The van der Waals surface area contributed by atoms with Crippen molar-refractivity contribution in [2.75, 3.05) is 0 Å². The van der Waals surface area contributed by atoms with Crippen molar-refractivity contribution in [1.82, 2.24) is 0 Å². The molecule has 1 aliphatic rings. The number of ketones is 1. The number of aliphatic hydroxyl groups excluding tert-OH is 1. The van der Waals surface area contributed by atoms with Gasteiger partial charge in [-0.05, 0) is 6.07 Å². The van der Waals surface area contributed by atoms with Gasteiger partial charge < -0.3 is 25.2 Å². The van der Waals surface area contributed by atoms with E-state index in [4.69, 9.17) is 4.74 Å². The van der Waals surface area contributed by atoms with Gasteiger partial charge in [-0.15, -0.1) is 0 Å². The van der Waals surface area contributed by atoms with E-state index >= 15 is 0 Å². The number of rotatable bonds is 1. The lowest BCUT2D eigenvalue weighted by atomic mass is 9.92. The molecular weight excluding hydrogens is 276 g/mol. The molecule has 3 rings (SSSR count). The van der Waals surface area contributed by atoms with E-state index in [1.54, 1.807) is 12.1 Å². The molecule has 0 saturated heterocycles. The molecule has 0 amide bonds. The van der Waals surface area contributed by atoms with Crippen molar-refractivity contribution < 1.29 is 30.0 Å². The van der Waals surface area contributed by atoms with Crippen LogP contribution in [0.5, 0.6) is 23.0 Å². The van der Waals surface area contributed by atoms with Crippen LogP contribution in [0.15, 0.2) is 36.4 Å². The molecule has 0 fully saturated rings. The topological polar surface area (TPSA) is 107 Å². The third-order valence-electron chi connectivity index (χ3n) is 3.37. The van der Waals surface area contributed by atoms with Crippen LogP contribution in [0.1, 0.15) is 22.0 Å². The van der Waals surface area contributed by atoms with E-state index in [0.717, 1.165) is 6.07 Å². The molecule has 1 heterocycles. The normalized spacial score (nSPS) is 20.7. The molecule has 0 aliphatic carbocycles. The summed E-state index contributed by atoms with van der Waals surface area (Å²) in [5.74, 6) is -1.64. The number of aliphatic hydroxyl groups is 1. The summed E-state index contributed by atoms with van der Waals surface area (Å²) < 4.78 is 5.49. The van der Waals surface area contributed by atoms with Gasteiger partial charge in [0.05, 0.1) is 0 Å². The average Bonchev–Trinajstić information content (AvgIpc) is 2.43. The first-order chi connectivity index (χ1) is 9.99. The SMILES string of the molecule is O=C1c2c(O)cc(O)cc2O[C@@H](c2ccccc2O)[C@@H]1O. The van der Waals surface area contributed by atoms with Crippen molar-refractivity contribution in [3.05, 3.63) is 47.5 Å². The monoisotopic (exact) mass is 288 g/mol. The molecule has 2 aromatic carbocycles. The zero-order valence-electron chi connectivity index (χ0n) is 10.7. The lowest BCUT2D eigenvalue weighted by Crippen LogP contribution is -2.36. The molecule has 0 saturated carbocycles. The van der Waals surface area contributed by atoms with Gasteiger partial charge in [0.1, 0.15) is 28.6 Å². The Balaban J connectivity index is 2.12. The third-order valence-corrected chi connectivity index (χ3v) is 3.37. The molecule has 6 heteroatoms. The van der Waals surface area contributed by atoms with Gasteiger partial charge in [0.2, 0.25) is 5.78 Å². The summed E-state index contributed by atoms with van der Waals surface area (Å²) in [6.45, 7) is 0. The highest BCUT2D eigenvalue weighted by molar-refractivity contribution is 6.05. The van der Waals surface area contributed by atoms with Gasteiger partial charge in [0.15, 0.2) is 12.2 Å². The fourth-order valence-electron chi connectivity index (χ4n) is 2.38. The van der Waals surface area contributed by atoms with Gasteiger partial charge in [-0.25, -0.2) is 0 Å². The fraction of sp³-hybridized carbons (Fsp3) is 0.133. The number of hydrogen-bond donors (Lipinski definition) is 4. The Hall–Kier alpha value is -2.73. The molecule has 1 aliphatic heterocycles. The van der Waals surface area contributed by atoms with Crippen LogP contribution in [0.3, 0.4) is 0 Å². The van der Waals surface area contributed by atoms with Crippen LogP contribution in [0, 0.1) is 0 Å². The highest BCUT2D eigenvalue weighted by Gasteiger charge is 2.40. The summed E-state index contributed by atoms with van der Waals surface area (Å²) in [5, 5.41) is 39.1. The maximum absolute atomic E-state index is 12.2. The van der Waals surface area contributed by atoms with E-state index in [1.165, 1.54) is 18.2 Å². The van der Waals surface area contributed by atoms with Gasteiger partial charge in [0.25, 0.3) is 0 Å². The molecule has 108 valence electrons. The van der Waals surface area contributed by atoms with E-state index in [0.29, 0.717) is 0 Å². The van der Waals surface area contributed by atoms with Crippen LogP contribution in [0.2, 0.25) is 0 Å². The van der Waals surface area contributed by atoms with Crippen molar-refractivity contribution in [2.45, 2.75) is 12.2 Å². The lowest BCUT2D eigenvalue weighted by molar-refractivity contribution is 0.0203. The zero-order chi connectivity index (χ0) is 15.1. The van der Waals surface area contributed by atoms with Gasteiger partial charge in [-0.3, -0.25) is 4.79 Å². The van der Waals surface area contributed by atoms with Gasteiger partial charge in [-0.2, -0.15) is 0 Å². The van der Waals surface area contributed by atoms with Gasteiger partial charge in [-0.1, -0.05) is 18.2 Å². The highest BCUT2D eigenvalue weighted by Crippen LogP contribution is 2.43. The predicted octanol–water partition coefficient (Wildman–Crippen LogP) is 1.48. The van der Waals surface area contributed by atoms with E-state index in [-0.39, 0.29) is 28.4 Å². The fourth-order valence-corrected chi connectivity index (χ4v) is 2.38. The number of carbonyl (C=O) groups is 1. The van der Waals surface area contributed by atoms with Crippen molar-refractivity contribution in [3.63, 3.8) is 0 Å². The van der Waals surface area contributed by atoms with Crippen molar-refractivity contribution in [2.24, 2.45) is 0 Å². The molecule has 0 radical (unpaired) electrons. The number of Topliss-reactive ketones (excluding diaryl/α,β-unsaturated/α-hetero) is 1. The number of para-hydroxylation sites is 1. The first-order valence-electron chi connectivity index (χ1n) is 6.22. The molecular formula is C15H12O6. The molecule has 2 atom stereocenters. The summed E-state index contributed by atoms with van der Waals surface area (Å²) in [6.07, 6.45) is -2.69. The number of fused-ring (bicyclic) bond motifs is 1. The average molecular weight is 288 g/mol. The quantitative estimate of drug-likeness (QED) is 0.633. The number of carbonyl (C=O) groups excluding carboxylic acids is 1. The minimum absolute atomic E-state index is 0.0453. The van der Waals surface area contributed by atoms with Crippen LogP contribution in [-0.4, -0.2) is 32.3 Å². The van der Waals surface area contributed by atoms with E-state index in [9.17, 15) is 25.2 Å². The second kappa shape index (κ2) is 4.68. The Morgan fingerprint density at radius 1 is 1.00 bits per heavy atom. The Morgan fingerprint density at radius 2 is 1.71 bits per heavy atom. The Morgan fingerprint density at radius 3 is 2.43 bits per heavy atom. The molecule has 6 nitrogen and oxygen atoms in total. The number of ether oxygens (including phenoxy) is 1. The molecule has 0 spiro atoms. The Kier molecular flexibility index (Phi) is 2.95. The second-order valence-corrected chi connectivity index (χ2v) is 4.74. The number of phenols is 3. The predicted molar refractivity (Wildman–Crippen MR) is 71.6 cm³/mol. The van der Waals surface area contributed by atoms with E-state index in [1.807, 2.05) is 0 Å². The number of phenolic OH excluding ortho intramolecular Hbond substituents is 3. The number of aromatic hydroxyl groups is 3. The molecule has 0 bridgehead atoms. The number of hydrogen-bond acceptors (Lipinski definition) is 6. The highest BCUT2D eigenvalue weighted by atomic mass is 16.5. The van der Waals surface area contributed by atoms with Crippen molar-refractivity contribution in [1.29, 1.82) is 0 Å². The Bertz CT molecular complexity index is 724. The van der Waals surface area contributed by atoms with Crippen molar-refractivity contribution in [3.8, 4) is 23.0 Å². The van der Waals surface area contributed by atoms with E-state index < -0.39 is 23.7 Å². The van der Waals surface area contributed by atoms with Crippen molar-refractivity contribution >= 4 is 5.78 Å². The minimum Gasteiger partial charge on any atom is -0.508 e. The lowest BCUT2D eigenvalue weighted by Gasteiger charge is -2.30. The summed E-state index contributed by atoms with van der Waals surface area (Å²) in [6, 6.07) is 8.32. The minimum atomic E-state index is -1.57. The maximum atomic E-state index is 12.2. The smallest absolute Gasteiger partial charge is 0.202 e. The zero-order valence-corrected chi connectivity index (χ0v) is 10.7. The molecule has 4 N–H and O–H groups in total. The maximum Gasteiger partial charge on any atom is 0.202 e. The van der Waals surface area contributed by atoms with E-state index in [2.05, 4.69) is 0 Å². The van der Waals surface area contributed by atoms with Crippen LogP contribution in [-0.2, 0) is 0 Å². The van der Waals surface area contributed by atoms with Gasteiger partial charge >= 0.3 is 0 Å².